The van der Waals surface area contributed by atoms with Gasteiger partial charge in [-0.2, -0.15) is 0 Å². The van der Waals surface area contributed by atoms with Crippen LogP contribution >= 0.6 is 0 Å². The maximum atomic E-state index is 13.5. The molecule has 33 heavy (non-hydrogen) atoms. The number of hydrogen-bond donors (Lipinski definition) is 1. The normalized spacial score (nSPS) is 18.7. The third-order valence-corrected chi connectivity index (χ3v) is 5.25. The molecule has 2 atom stereocenters. The number of amides is 1. The summed E-state index contributed by atoms with van der Waals surface area (Å²) in [4.78, 5) is 13.8. The number of halogens is 2. The van der Waals surface area contributed by atoms with Crippen LogP contribution in [0.2, 0.25) is 0 Å². The minimum absolute atomic E-state index is 0.0766. The number of carbonyl (C=O) groups is 1. The van der Waals surface area contributed by atoms with Gasteiger partial charge in [0.05, 0.1) is 25.9 Å². The highest BCUT2D eigenvalue weighted by Gasteiger charge is 2.33. The van der Waals surface area contributed by atoms with E-state index in [0.717, 1.165) is 23.8 Å². The molecule has 0 bridgehead atoms. The van der Waals surface area contributed by atoms with Crippen LogP contribution < -0.4 is 9.47 Å². The SMILES string of the molecule is CC(C)(C)OC(=O)N1CCC(c2ccc(OCCCOc3cc(F)ccc3F)cc2)C(O)C1. The Morgan fingerprint density at radius 1 is 1.09 bits per heavy atom. The van der Waals surface area contributed by atoms with E-state index in [0.29, 0.717) is 31.7 Å². The van der Waals surface area contributed by atoms with Crippen molar-refractivity contribution in [2.75, 3.05) is 26.3 Å². The molecule has 0 radical (unpaired) electrons. The van der Waals surface area contributed by atoms with Crippen LogP contribution in [-0.4, -0.2) is 54.1 Å². The van der Waals surface area contributed by atoms with Gasteiger partial charge in [-0.1, -0.05) is 12.1 Å². The Morgan fingerprint density at radius 2 is 1.79 bits per heavy atom. The number of ether oxygens (including phenoxy) is 3. The number of hydrogen-bond acceptors (Lipinski definition) is 5. The summed E-state index contributed by atoms with van der Waals surface area (Å²) in [7, 11) is 0. The highest BCUT2D eigenvalue weighted by Crippen LogP contribution is 2.30. The predicted molar refractivity (Wildman–Crippen MR) is 120 cm³/mol. The van der Waals surface area contributed by atoms with E-state index >= 15 is 0 Å². The van der Waals surface area contributed by atoms with Gasteiger partial charge in [0, 0.05) is 24.9 Å². The molecule has 2 unspecified atom stereocenters. The maximum absolute atomic E-state index is 13.5. The Morgan fingerprint density at radius 3 is 2.45 bits per heavy atom. The summed E-state index contributed by atoms with van der Waals surface area (Å²) >= 11 is 0. The number of likely N-dealkylation sites (tertiary alicyclic amines) is 1. The molecule has 0 aliphatic carbocycles. The smallest absolute Gasteiger partial charge is 0.410 e. The number of β-amino-alcohol motifs (C(OH)–C–C–N with tert-alkyl or cyclic N) is 1. The van der Waals surface area contributed by atoms with Crippen LogP contribution in [0.5, 0.6) is 11.5 Å². The fourth-order valence-corrected chi connectivity index (χ4v) is 3.64. The molecule has 2 aromatic rings. The summed E-state index contributed by atoms with van der Waals surface area (Å²) in [5, 5.41) is 10.6. The van der Waals surface area contributed by atoms with Crippen molar-refractivity contribution in [2.45, 2.75) is 51.2 Å². The van der Waals surface area contributed by atoms with Gasteiger partial charge in [0.1, 0.15) is 17.2 Å². The summed E-state index contributed by atoms with van der Waals surface area (Å²) in [5.74, 6) is -0.685. The molecule has 1 amide bonds. The zero-order chi connectivity index (χ0) is 24.0. The summed E-state index contributed by atoms with van der Waals surface area (Å²) in [6.07, 6.45) is 0.0417. The molecule has 0 aromatic heterocycles. The largest absolute Gasteiger partial charge is 0.493 e. The maximum Gasteiger partial charge on any atom is 0.410 e. The molecular weight excluding hydrogens is 432 g/mol. The minimum atomic E-state index is -0.682. The molecule has 8 heteroatoms. The van der Waals surface area contributed by atoms with Crippen molar-refractivity contribution in [2.24, 2.45) is 0 Å². The lowest BCUT2D eigenvalue weighted by Crippen LogP contribution is -2.47. The Hall–Kier alpha value is -2.87. The number of aliphatic hydroxyl groups excluding tert-OH is 1. The van der Waals surface area contributed by atoms with Crippen molar-refractivity contribution in [3.05, 3.63) is 59.7 Å². The van der Waals surface area contributed by atoms with E-state index in [-0.39, 0.29) is 24.8 Å². The van der Waals surface area contributed by atoms with Crippen LogP contribution in [0.1, 0.15) is 45.1 Å². The van der Waals surface area contributed by atoms with Gasteiger partial charge in [-0.15, -0.1) is 0 Å². The van der Waals surface area contributed by atoms with E-state index in [9.17, 15) is 18.7 Å². The van der Waals surface area contributed by atoms with E-state index in [4.69, 9.17) is 14.2 Å². The number of aliphatic hydroxyl groups is 1. The lowest BCUT2D eigenvalue weighted by molar-refractivity contribution is -0.00152. The van der Waals surface area contributed by atoms with Gasteiger partial charge in [-0.3, -0.25) is 0 Å². The standard InChI is InChI=1S/C25H31F2NO5/c1-25(2,3)33-24(30)28-12-11-20(22(29)16-28)17-5-8-19(9-6-17)31-13-4-14-32-23-15-18(26)7-10-21(23)27/h5-10,15,20,22,29H,4,11-14,16H2,1-3H3. The fourth-order valence-electron chi connectivity index (χ4n) is 3.64. The number of nitrogens with zero attached hydrogens (tertiary/aromatic N) is 1. The Kier molecular flexibility index (Phi) is 8.13. The number of carbonyl (C=O) groups excluding carboxylic acids is 1. The van der Waals surface area contributed by atoms with Gasteiger partial charge in [-0.05, 0) is 57.0 Å². The molecule has 1 N–H and O–H groups in total. The van der Waals surface area contributed by atoms with Crippen LogP contribution in [-0.2, 0) is 4.74 Å². The summed E-state index contributed by atoms with van der Waals surface area (Å²) in [5.41, 5.74) is 0.403. The van der Waals surface area contributed by atoms with E-state index in [1.54, 1.807) is 4.90 Å². The molecule has 180 valence electrons. The molecule has 0 spiro atoms. The average Bonchev–Trinajstić information content (AvgIpc) is 2.75. The van der Waals surface area contributed by atoms with Crippen molar-refractivity contribution in [3.63, 3.8) is 0 Å². The molecule has 1 fully saturated rings. The van der Waals surface area contributed by atoms with Crippen LogP contribution in [0.25, 0.3) is 0 Å². The second kappa shape index (κ2) is 10.8. The van der Waals surface area contributed by atoms with E-state index in [1.165, 1.54) is 0 Å². The molecule has 2 aromatic carbocycles. The third kappa shape index (κ3) is 7.32. The van der Waals surface area contributed by atoms with E-state index in [1.807, 2.05) is 45.0 Å². The van der Waals surface area contributed by atoms with E-state index < -0.39 is 29.4 Å². The summed E-state index contributed by atoms with van der Waals surface area (Å²) < 4.78 is 43.0. The average molecular weight is 464 g/mol. The molecule has 0 saturated carbocycles. The molecule has 1 saturated heterocycles. The van der Waals surface area contributed by atoms with Crippen molar-refractivity contribution < 1.29 is 32.9 Å². The predicted octanol–water partition coefficient (Wildman–Crippen LogP) is 4.90. The van der Waals surface area contributed by atoms with Gasteiger partial charge >= 0.3 is 6.09 Å². The summed E-state index contributed by atoms with van der Waals surface area (Å²) in [6.45, 7) is 6.73. The van der Waals surface area contributed by atoms with Crippen molar-refractivity contribution in [3.8, 4) is 11.5 Å². The zero-order valence-electron chi connectivity index (χ0n) is 19.2. The minimum Gasteiger partial charge on any atom is -0.493 e. The first-order chi connectivity index (χ1) is 15.6. The number of rotatable bonds is 7. The molecule has 1 heterocycles. The van der Waals surface area contributed by atoms with E-state index in [2.05, 4.69) is 0 Å². The monoisotopic (exact) mass is 463 g/mol. The van der Waals surface area contributed by atoms with Crippen LogP contribution in [0, 0.1) is 11.6 Å². The first-order valence-corrected chi connectivity index (χ1v) is 11.1. The number of benzene rings is 2. The fraction of sp³-hybridized carbons (Fsp3) is 0.480. The molecular formula is C25H31F2NO5. The van der Waals surface area contributed by atoms with Crippen LogP contribution in [0.15, 0.2) is 42.5 Å². The van der Waals surface area contributed by atoms with Crippen LogP contribution in [0.4, 0.5) is 13.6 Å². The molecule has 1 aliphatic heterocycles. The molecule has 6 nitrogen and oxygen atoms in total. The van der Waals surface area contributed by atoms with Gasteiger partial charge in [-0.25, -0.2) is 13.6 Å². The highest BCUT2D eigenvalue weighted by molar-refractivity contribution is 5.68. The molecule has 3 rings (SSSR count). The Balaban J connectivity index is 1.42. The lowest BCUT2D eigenvalue weighted by atomic mass is 9.87. The first-order valence-electron chi connectivity index (χ1n) is 11.1. The van der Waals surface area contributed by atoms with Gasteiger partial charge in [0.25, 0.3) is 0 Å². The van der Waals surface area contributed by atoms with Crippen molar-refractivity contribution in [1.82, 2.24) is 4.90 Å². The topological polar surface area (TPSA) is 68.2 Å². The highest BCUT2D eigenvalue weighted by atomic mass is 19.1. The summed E-state index contributed by atoms with van der Waals surface area (Å²) in [6, 6.07) is 10.6. The second-order valence-electron chi connectivity index (χ2n) is 9.08. The number of piperidine rings is 1. The Bertz CT molecular complexity index is 929. The Labute approximate surface area is 193 Å². The second-order valence-corrected chi connectivity index (χ2v) is 9.08. The quantitative estimate of drug-likeness (QED) is 0.592. The first kappa shape index (κ1) is 24.8. The van der Waals surface area contributed by atoms with Crippen molar-refractivity contribution in [1.29, 1.82) is 0 Å². The van der Waals surface area contributed by atoms with Crippen molar-refractivity contribution >= 4 is 6.09 Å². The zero-order valence-corrected chi connectivity index (χ0v) is 19.2. The van der Waals surface area contributed by atoms with Gasteiger partial charge < -0.3 is 24.2 Å². The van der Waals surface area contributed by atoms with Crippen LogP contribution in [0.3, 0.4) is 0 Å². The molecule has 1 aliphatic rings. The third-order valence-electron chi connectivity index (χ3n) is 5.25. The van der Waals surface area contributed by atoms with Gasteiger partial charge in [0.2, 0.25) is 0 Å². The van der Waals surface area contributed by atoms with Gasteiger partial charge in [0.15, 0.2) is 11.6 Å². The lowest BCUT2D eigenvalue weighted by Gasteiger charge is -2.36.